The zero-order chi connectivity index (χ0) is 12.4. The Hall–Kier alpha value is -1.88. The summed E-state index contributed by atoms with van der Waals surface area (Å²) in [5.41, 5.74) is 4.04. The monoisotopic (exact) mass is 259 g/mol. The molecule has 2 aromatic rings. The third kappa shape index (κ3) is 2.22. The molecule has 1 atom stereocenters. The normalized spacial score (nSPS) is 17.0. The van der Waals surface area contributed by atoms with Crippen molar-refractivity contribution in [2.45, 2.75) is 19.0 Å². The number of rotatable bonds is 3. The van der Waals surface area contributed by atoms with E-state index < -0.39 is 0 Å². The lowest BCUT2D eigenvalue weighted by molar-refractivity contribution is -0.121. The number of hydrogen-bond acceptors (Lipinski definition) is 4. The number of fused-ring (bicyclic) bond motifs is 1. The topological polar surface area (TPSA) is 54.0 Å². The second kappa shape index (κ2) is 4.78. The smallest absolute Gasteiger partial charge is 0.243 e. The van der Waals surface area contributed by atoms with Crippen molar-refractivity contribution in [3.8, 4) is 0 Å². The standard InChI is InChI=1S/C13H13N3OS/c17-13(15-7-10-6-14-8-18-10)12-5-9-3-1-2-4-11(9)16-12/h1-4,6,8,12,16H,5,7H2,(H,15,17)/t12-/m0/s1. The van der Waals surface area contributed by atoms with Crippen molar-refractivity contribution in [2.24, 2.45) is 0 Å². The molecule has 1 aliphatic heterocycles. The molecule has 5 heteroatoms. The van der Waals surface area contributed by atoms with Crippen LogP contribution in [-0.4, -0.2) is 16.9 Å². The van der Waals surface area contributed by atoms with Gasteiger partial charge in [0.2, 0.25) is 5.91 Å². The van der Waals surface area contributed by atoms with E-state index in [1.165, 1.54) is 5.56 Å². The molecule has 4 nitrogen and oxygen atoms in total. The number of thiazole rings is 1. The molecule has 0 spiro atoms. The third-order valence-corrected chi connectivity index (χ3v) is 3.79. The van der Waals surface area contributed by atoms with Crippen LogP contribution < -0.4 is 10.6 Å². The molecule has 1 aromatic carbocycles. The Morgan fingerprint density at radius 2 is 2.39 bits per heavy atom. The van der Waals surface area contributed by atoms with Gasteiger partial charge in [-0.15, -0.1) is 11.3 Å². The average Bonchev–Trinajstić information content (AvgIpc) is 3.04. The van der Waals surface area contributed by atoms with Crippen LogP contribution in [0, 0.1) is 0 Å². The van der Waals surface area contributed by atoms with Gasteiger partial charge in [0.1, 0.15) is 6.04 Å². The molecular formula is C13H13N3OS. The van der Waals surface area contributed by atoms with Crippen LogP contribution in [0.15, 0.2) is 36.0 Å². The van der Waals surface area contributed by atoms with Gasteiger partial charge in [0.05, 0.1) is 12.1 Å². The zero-order valence-corrected chi connectivity index (χ0v) is 10.5. The van der Waals surface area contributed by atoms with Crippen molar-refractivity contribution in [3.63, 3.8) is 0 Å². The highest BCUT2D eigenvalue weighted by atomic mass is 32.1. The average molecular weight is 259 g/mol. The van der Waals surface area contributed by atoms with E-state index in [1.54, 1.807) is 23.0 Å². The van der Waals surface area contributed by atoms with Crippen LogP contribution in [-0.2, 0) is 17.8 Å². The molecular weight excluding hydrogens is 246 g/mol. The number of nitrogens with zero attached hydrogens (tertiary/aromatic N) is 1. The summed E-state index contributed by atoms with van der Waals surface area (Å²) in [6.45, 7) is 0.554. The number of nitrogens with one attached hydrogen (secondary N) is 2. The second-order valence-electron chi connectivity index (χ2n) is 4.24. The minimum atomic E-state index is -0.157. The van der Waals surface area contributed by atoms with Gasteiger partial charge in [0.15, 0.2) is 0 Å². The lowest BCUT2D eigenvalue weighted by Gasteiger charge is -2.11. The highest BCUT2D eigenvalue weighted by molar-refractivity contribution is 7.09. The largest absolute Gasteiger partial charge is 0.373 e. The first-order chi connectivity index (χ1) is 8.83. The first-order valence-corrected chi connectivity index (χ1v) is 6.70. The fraction of sp³-hybridized carbons (Fsp3) is 0.231. The number of carbonyl (C=O) groups excluding carboxylic acids is 1. The summed E-state index contributed by atoms with van der Waals surface area (Å²) in [5, 5.41) is 6.17. The van der Waals surface area contributed by atoms with Crippen molar-refractivity contribution >= 4 is 22.9 Å². The van der Waals surface area contributed by atoms with Crippen molar-refractivity contribution in [2.75, 3.05) is 5.32 Å². The van der Waals surface area contributed by atoms with Gasteiger partial charge >= 0.3 is 0 Å². The molecule has 0 saturated carbocycles. The van der Waals surface area contributed by atoms with Crippen LogP contribution in [0.4, 0.5) is 5.69 Å². The highest BCUT2D eigenvalue weighted by Gasteiger charge is 2.25. The SMILES string of the molecule is O=C(NCc1cncs1)[C@@H]1Cc2ccccc2N1. The Labute approximate surface area is 109 Å². The van der Waals surface area contributed by atoms with E-state index in [4.69, 9.17) is 0 Å². The number of benzene rings is 1. The first-order valence-electron chi connectivity index (χ1n) is 5.82. The molecule has 2 N–H and O–H groups in total. The van der Waals surface area contributed by atoms with E-state index in [0.717, 1.165) is 17.0 Å². The molecule has 0 unspecified atom stereocenters. The van der Waals surface area contributed by atoms with Crippen LogP contribution in [0.1, 0.15) is 10.4 Å². The Balaban J connectivity index is 1.59. The third-order valence-electron chi connectivity index (χ3n) is 3.01. The summed E-state index contributed by atoms with van der Waals surface area (Å²) < 4.78 is 0. The van der Waals surface area contributed by atoms with Crippen LogP contribution in [0.2, 0.25) is 0 Å². The maximum atomic E-state index is 12.0. The maximum Gasteiger partial charge on any atom is 0.243 e. The van der Waals surface area contributed by atoms with Crippen molar-refractivity contribution in [3.05, 3.63) is 46.4 Å². The molecule has 3 rings (SSSR count). The van der Waals surface area contributed by atoms with Gasteiger partial charge in [0.25, 0.3) is 0 Å². The molecule has 0 aliphatic carbocycles. The summed E-state index contributed by atoms with van der Waals surface area (Å²) >= 11 is 1.55. The Bertz CT molecular complexity index is 528. The lowest BCUT2D eigenvalue weighted by atomic mass is 10.1. The van der Waals surface area contributed by atoms with E-state index in [1.807, 2.05) is 18.2 Å². The molecule has 0 bridgehead atoms. The summed E-state index contributed by atoms with van der Waals surface area (Å²) in [7, 11) is 0. The van der Waals surface area contributed by atoms with Crippen LogP contribution in [0.5, 0.6) is 0 Å². The first kappa shape index (κ1) is 11.2. The van der Waals surface area contributed by atoms with E-state index in [2.05, 4.69) is 21.7 Å². The Morgan fingerprint density at radius 1 is 1.50 bits per heavy atom. The van der Waals surface area contributed by atoms with Gasteiger partial charge in [-0.1, -0.05) is 18.2 Å². The van der Waals surface area contributed by atoms with Gasteiger partial charge in [-0.05, 0) is 11.6 Å². The van der Waals surface area contributed by atoms with E-state index in [9.17, 15) is 4.79 Å². The van der Waals surface area contributed by atoms with Crippen molar-refractivity contribution in [1.82, 2.24) is 10.3 Å². The lowest BCUT2D eigenvalue weighted by Crippen LogP contribution is -2.37. The molecule has 0 fully saturated rings. The minimum Gasteiger partial charge on any atom is -0.373 e. The van der Waals surface area contributed by atoms with Crippen molar-refractivity contribution in [1.29, 1.82) is 0 Å². The zero-order valence-electron chi connectivity index (χ0n) is 9.72. The summed E-state index contributed by atoms with van der Waals surface area (Å²) in [5.74, 6) is 0.0413. The molecule has 0 radical (unpaired) electrons. The van der Waals surface area contributed by atoms with Gasteiger partial charge in [0, 0.05) is 23.2 Å². The fourth-order valence-corrected chi connectivity index (χ4v) is 2.62. The van der Waals surface area contributed by atoms with E-state index in [0.29, 0.717) is 6.54 Å². The van der Waals surface area contributed by atoms with Gasteiger partial charge in [-0.25, -0.2) is 0 Å². The highest BCUT2D eigenvalue weighted by Crippen LogP contribution is 2.25. The van der Waals surface area contributed by atoms with Crippen LogP contribution >= 0.6 is 11.3 Å². The summed E-state index contributed by atoms with van der Waals surface area (Å²) in [6.07, 6.45) is 2.53. The molecule has 1 aromatic heterocycles. The summed E-state index contributed by atoms with van der Waals surface area (Å²) in [6, 6.07) is 7.88. The number of anilines is 1. The predicted molar refractivity (Wildman–Crippen MR) is 71.5 cm³/mol. The number of hydrogen-bond donors (Lipinski definition) is 2. The molecule has 0 saturated heterocycles. The minimum absolute atomic E-state index is 0.0413. The number of amides is 1. The molecule has 1 amide bonds. The number of aromatic nitrogens is 1. The van der Waals surface area contributed by atoms with E-state index in [-0.39, 0.29) is 11.9 Å². The Morgan fingerprint density at radius 3 is 3.17 bits per heavy atom. The van der Waals surface area contributed by atoms with Crippen LogP contribution in [0.25, 0.3) is 0 Å². The Kier molecular flexibility index (Phi) is 2.98. The molecule has 18 heavy (non-hydrogen) atoms. The second-order valence-corrected chi connectivity index (χ2v) is 5.21. The number of carbonyl (C=O) groups is 1. The number of para-hydroxylation sites is 1. The quantitative estimate of drug-likeness (QED) is 0.883. The molecule has 1 aliphatic rings. The summed E-state index contributed by atoms with van der Waals surface area (Å²) in [4.78, 5) is 17.1. The van der Waals surface area contributed by atoms with Crippen LogP contribution in [0.3, 0.4) is 0 Å². The molecule has 92 valence electrons. The van der Waals surface area contributed by atoms with E-state index >= 15 is 0 Å². The predicted octanol–water partition coefficient (Wildman–Crippen LogP) is 1.80. The fourth-order valence-electron chi connectivity index (χ4n) is 2.08. The van der Waals surface area contributed by atoms with Gasteiger partial charge in [-0.2, -0.15) is 0 Å². The maximum absolute atomic E-state index is 12.0. The van der Waals surface area contributed by atoms with Gasteiger partial charge in [-0.3, -0.25) is 9.78 Å². The van der Waals surface area contributed by atoms with Crippen molar-refractivity contribution < 1.29 is 4.79 Å². The molecule has 2 heterocycles. The van der Waals surface area contributed by atoms with Gasteiger partial charge < -0.3 is 10.6 Å².